The van der Waals surface area contributed by atoms with Crippen LogP contribution in [0.5, 0.6) is 17.2 Å². The van der Waals surface area contributed by atoms with Gasteiger partial charge in [-0.1, -0.05) is 6.92 Å². The number of rotatable bonds is 6. The molecule has 1 fully saturated rings. The Morgan fingerprint density at radius 2 is 1.78 bits per heavy atom. The zero-order valence-electron chi connectivity index (χ0n) is 14.3. The lowest BCUT2D eigenvalue weighted by molar-refractivity contribution is -0.142. The Hall–Kier alpha value is -1.79. The molecule has 1 saturated heterocycles. The van der Waals surface area contributed by atoms with Gasteiger partial charge in [0.15, 0.2) is 11.5 Å². The second kappa shape index (κ2) is 8.17. The standard InChI is InChI=1S/C17H25NO5/c1-5-13(18-6-8-22-9-7-18)17(19)23-16-14(20-3)10-12(2)11-15(16)21-4/h10-11,13H,5-9H2,1-4H3/t13-/m0/s1. The van der Waals surface area contributed by atoms with Crippen LogP contribution in [-0.2, 0) is 9.53 Å². The highest BCUT2D eigenvalue weighted by atomic mass is 16.6. The molecule has 0 N–H and O–H groups in total. The Morgan fingerprint density at radius 3 is 2.26 bits per heavy atom. The summed E-state index contributed by atoms with van der Waals surface area (Å²) in [4.78, 5) is 14.7. The molecule has 1 aliphatic rings. The van der Waals surface area contributed by atoms with E-state index in [2.05, 4.69) is 4.90 Å². The molecule has 0 aliphatic carbocycles. The Labute approximate surface area is 137 Å². The molecule has 6 heteroatoms. The predicted octanol–water partition coefficient (Wildman–Crippen LogP) is 2.03. The highest BCUT2D eigenvalue weighted by molar-refractivity contribution is 5.80. The summed E-state index contributed by atoms with van der Waals surface area (Å²) in [6.07, 6.45) is 0.676. The topological polar surface area (TPSA) is 57.2 Å². The van der Waals surface area contributed by atoms with Crippen LogP contribution in [0.25, 0.3) is 0 Å². The van der Waals surface area contributed by atoms with Crippen LogP contribution in [0.4, 0.5) is 0 Å². The van der Waals surface area contributed by atoms with Crippen molar-refractivity contribution in [3.05, 3.63) is 17.7 Å². The van der Waals surface area contributed by atoms with Gasteiger partial charge in [0.1, 0.15) is 6.04 Å². The first kappa shape index (κ1) is 17.6. The third-order valence-electron chi connectivity index (χ3n) is 3.95. The van der Waals surface area contributed by atoms with Crippen molar-refractivity contribution in [1.29, 1.82) is 0 Å². The molecule has 0 bridgehead atoms. The molecular formula is C17H25NO5. The van der Waals surface area contributed by atoms with E-state index in [9.17, 15) is 4.79 Å². The molecule has 1 heterocycles. The Balaban J connectivity index is 2.21. The maximum atomic E-state index is 12.6. The number of carbonyl (C=O) groups is 1. The zero-order chi connectivity index (χ0) is 16.8. The van der Waals surface area contributed by atoms with Crippen molar-refractivity contribution in [2.75, 3.05) is 40.5 Å². The van der Waals surface area contributed by atoms with E-state index in [1.54, 1.807) is 14.2 Å². The van der Waals surface area contributed by atoms with Gasteiger partial charge in [0.25, 0.3) is 0 Å². The van der Waals surface area contributed by atoms with Crippen LogP contribution in [0.1, 0.15) is 18.9 Å². The number of aryl methyl sites for hydroxylation is 1. The summed E-state index contributed by atoms with van der Waals surface area (Å²) in [5.74, 6) is 1.02. The number of benzene rings is 1. The molecule has 0 unspecified atom stereocenters. The van der Waals surface area contributed by atoms with E-state index in [0.717, 1.165) is 18.7 Å². The minimum Gasteiger partial charge on any atom is -0.493 e. The normalized spacial score (nSPS) is 16.7. The van der Waals surface area contributed by atoms with Crippen LogP contribution >= 0.6 is 0 Å². The molecule has 0 saturated carbocycles. The van der Waals surface area contributed by atoms with E-state index in [1.165, 1.54) is 0 Å². The number of hydrogen-bond acceptors (Lipinski definition) is 6. The molecule has 1 aromatic carbocycles. The number of morpholine rings is 1. The molecular weight excluding hydrogens is 298 g/mol. The van der Waals surface area contributed by atoms with Crippen molar-refractivity contribution in [2.24, 2.45) is 0 Å². The van der Waals surface area contributed by atoms with Crippen molar-refractivity contribution in [2.45, 2.75) is 26.3 Å². The molecule has 0 spiro atoms. The minimum absolute atomic E-state index is 0.296. The van der Waals surface area contributed by atoms with Gasteiger partial charge < -0.3 is 18.9 Å². The zero-order valence-corrected chi connectivity index (χ0v) is 14.3. The fourth-order valence-electron chi connectivity index (χ4n) is 2.74. The van der Waals surface area contributed by atoms with Gasteiger partial charge in [0.2, 0.25) is 5.75 Å². The maximum absolute atomic E-state index is 12.6. The average molecular weight is 323 g/mol. The van der Waals surface area contributed by atoms with E-state index in [-0.39, 0.29) is 12.0 Å². The summed E-state index contributed by atoms with van der Waals surface area (Å²) < 4.78 is 21.7. The third kappa shape index (κ3) is 4.14. The van der Waals surface area contributed by atoms with Crippen molar-refractivity contribution >= 4 is 5.97 Å². The van der Waals surface area contributed by atoms with Gasteiger partial charge in [-0.3, -0.25) is 4.90 Å². The Bertz CT molecular complexity index is 515. The summed E-state index contributed by atoms with van der Waals surface area (Å²) in [6, 6.07) is 3.34. The molecule has 0 aromatic heterocycles. The highest BCUT2D eigenvalue weighted by Gasteiger charge is 2.29. The molecule has 1 aromatic rings. The van der Waals surface area contributed by atoms with Crippen LogP contribution in [-0.4, -0.2) is 57.4 Å². The van der Waals surface area contributed by atoms with Gasteiger partial charge in [-0.25, -0.2) is 4.79 Å². The molecule has 6 nitrogen and oxygen atoms in total. The van der Waals surface area contributed by atoms with Gasteiger partial charge >= 0.3 is 5.97 Å². The number of methoxy groups -OCH3 is 2. The lowest BCUT2D eigenvalue weighted by Gasteiger charge is -2.32. The Kier molecular flexibility index (Phi) is 6.24. The SMILES string of the molecule is CC[C@@H](C(=O)Oc1c(OC)cc(C)cc1OC)N1CCOCC1. The second-order valence-corrected chi connectivity index (χ2v) is 5.49. The number of carbonyl (C=O) groups excluding carboxylic acids is 1. The summed E-state index contributed by atoms with van der Waals surface area (Å²) in [6.45, 7) is 6.65. The van der Waals surface area contributed by atoms with Crippen molar-refractivity contribution in [1.82, 2.24) is 4.90 Å². The van der Waals surface area contributed by atoms with Crippen molar-refractivity contribution in [3.63, 3.8) is 0 Å². The lowest BCUT2D eigenvalue weighted by Crippen LogP contribution is -2.48. The third-order valence-corrected chi connectivity index (χ3v) is 3.95. The first-order valence-electron chi connectivity index (χ1n) is 7.86. The molecule has 128 valence electrons. The average Bonchev–Trinajstić information content (AvgIpc) is 2.57. The maximum Gasteiger partial charge on any atom is 0.329 e. The lowest BCUT2D eigenvalue weighted by atomic mass is 10.1. The predicted molar refractivity (Wildman–Crippen MR) is 86.4 cm³/mol. The first-order chi connectivity index (χ1) is 11.1. The van der Waals surface area contributed by atoms with Gasteiger partial charge in [-0.05, 0) is 31.0 Å². The van der Waals surface area contributed by atoms with Crippen molar-refractivity contribution < 1.29 is 23.7 Å². The van der Waals surface area contributed by atoms with Crippen LogP contribution in [0, 0.1) is 6.92 Å². The summed E-state index contributed by atoms with van der Waals surface area (Å²) in [5.41, 5.74) is 0.971. The number of nitrogens with zero attached hydrogens (tertiary/aromatic N) is 1. The Morgan fingerprint density at radius 1 is 1.22 bits per heavy atom. The number of ether oxygens (including phenoxy) is 4. The number of esters is 1. The van der Waals surface area contributed by atoms with E-state index >= 15 is 0 Å². The molecule has 23 heavy (non-hydrogen) atoms. The van der Waals surface area contributed by atoms with Crippen LogP contribution in [0.15, 0.2) is 12.1 Å². The van der Waals surface area contributed by atoms with Crippen molar-refractivity contribution in [3.8, 4) is 17.2 Å². The summed E-state index contributed by atoms with van der Waals surface area (Å²) >= 11 is 0. The summed E-state index contributed by atoms with van der Waals surface area (Å²) in [5, 5.41) is 0. The highest BCUT2D eigenvalue weighted by Crippen LogP contribution is 2.38. The van der Waals surface area contributed by atoms with Gasteiger partial charge in [-0.15, -0.1) is 0 Å². The van der Waals surface area contributed by atoms with E-state index in [4.69, 9.17) is 18.9 Å². The minimum atomic E-state index is -0.297. The van der Waals surface area contributed by atoms with Gasteiger partial charge in [0, 0.05) is 13.1 Å². The first-order valence-corrected chi connectivity index (χ1v) is 7.86. The fourth-order valence-corrected chi connectivity index (χ4v) is 2.74. The van der Waals surface area contributed by atoms with Gasteiger partial charge in [0.05, 0.1) is 27.4 Å². The van der Waals surface area contributed by atoms with E-state index in [1.807, 2.05) is 26.0 Å². The van der Waals surface area contributed by atoms with E-state index in [0.29, 0.717) is 36.9 Å². The van der Waals surface area contributed by atoms with Crippen LogP contribution < -0.4 is 14.2 Å². The molecule has 2 rings (SSSR count). The van der Waals surface area contributed by atoms with Crippen LogP contribution in [0.2, 0.25) is 0 Å². The quantitative estimate of drug-likeness (QED) is 0.590. The molecule has 1 atom stereocenters. The van der Waals surface area contributed by atoms with Gasteiger partial charge in [-0.2, -0.15) is 0 Å². The largest absolute Gasteiger partial charge is 0.493 e. The smallest absolute Gasteiger partial charge is 0.329 e. The van der Waals surface area contributed by atoms with E-state index < -0.39 is 0 Å². The second-order valence-electron chi connectivity index (χ2n) is 5.49. The monoisotopic (exact) mass is 323 g/mol. The molecule has 1 aliphatic heterocycles. The van der Waals surface area contributed by atoms with Crippen LogP contribution in [0.3, 0.4) is 0 Å². The summed E-state index contributed by atoms with van der Waals surface area (Å²) in [7, 11) is 3.09. The molecule has 0 amide bonds. The molecule has 0 radical (unpaired) electrons. The number of hydrogen-bond donors (Lipinski definition) is 0. The fraction of sp³-hybridized carbons (Fsp3) is 0.588.